The number of carbonyl (C=O) groups is 3. The molecule has 2 atom stereocenters. The molecule has 1 saturated heterocycles. The Morgan fingerprint density at radius 3 is 2.44 bits per heavy atom. The number of nitrogens with zero attached hydrogens (tertiary/aromatic N) is 1. The lowest BCUT2D eigenvalue weighted by Gasteiger charge is -2.22. The maximum Gasteiger partial charge on any atom is 0.328 e. The zero-order valence-corrected chi connectivity index (χ0v) is 16.3. The highest BCUT2D eigenvalue weighted by atomic mass is 16.5. The first-order chi connectivity index (χ1) is 12.8. The van der Waals surface area contributed by atoms with Crippen LogP contribution in [0.1, 0.15) is 20.3 Å². The Kier molecular flexibility index (Phi) is 6.65. The lowest BCUT2D eigenvalue weighted by atomic mass is 10.0. The first-order valence-electron chi connectivity index (χ1n) is 8.73. The number of anilines is 1. The van der Waals surface area contributed by atoms with Crippen LogP contribution in [-0.4, -0.2) is 51.7 Å². The molecule has 0 aromatic heterocycles. The molecule has 148 valence electrons. The monoisotopic (exact) mass is 378 g/mol. The topological polar surface area (TPSA) is 94.2 Å². The predicted octanol–water partition coefficient (Wildman–Crippen LogP) is 1.37. The van der Waals surface area contributed by atoms with Crippen molar-refractivity contribution in [2.75, 3.05) is 32.8 Å². The van der Waals surface area contributed by atoms with Crippen LogP contribution < -0.4 is 19.7 Å². The number of rotatable bonds is 7. The number of methoxy groups -OCH3 is 3. The van der Waals surface area contributed by atoms with E-state index in [4.69, 9.17) is 14.2 Å². The Morgan fingerprint density at radius 2 is 1.89 bits per heavy atom. The summed E-state index contributed by atoms with van der Waals surface area (Å²) < 4.78 is 15.3. The third kappa shape index (κ3) is 4.50. The summed E-state index contributed by atoms with van der Waals surface area (Å²) in [6, 6.07) is 4.38. The van der Waals surface area contributed by atoms with Crippen LogP contribution in [-0.2, 0) is 19.1 Å². The molecule has 1 aliphatic heterocycles. The van der Waals surface area contributed by atoms with Crippen molar-refractivity contribution in [2.24, 2.45) is 11.8 Å². The van der Waals surface area contributed by atoms with Gasteiger partial charge in [-0.1, -0.05) is 13.8 Å². The van der Waals surface area contributed by atoms with Crippen LogP contribution in [0.5, 0.6) is 11.5 Å². The first kappa shape index (κ1) is 20.5. The van der Waals surface area contributed by atoms with Crippen molar-refractivity contribution in [1.82, 2.24) is 5.32 Å². The number of hydrogen-bond donors (Lipinski definition) is 1. The SMILES string of the molecule is COC(=O)C(NC(=O)C1CC(=O)N(c2ccc(OC)cc2OC)C1)C(C)C. The van der Waals surface area contributed by atoms with Gasteiger partial charge in [-0.25, -0.2) is 4.79 Å². The molecule has 1 fully saturated rings. The average Bonchev–Trinajstić information content (AvgIpc) is 3.05. The minimum atomic E-state index is -0.748. The van der Waals surface area contributed by atoms with E-state index in [-0.39, 0.29) is 30.7 Å². The summed E-state index contributed by atoms with van der Waals surface area (Å²) >= 11 is 0. The second-order valence-corrected chi connectivity index (χ2v) is 6.70. The normalized spacial score (nSPS) is 17.6. The van der Waals surface area contributed by atoms with Gasteiger partial charge in [0.05, 0.1) is 32.9 Å². The summed E-state index contributed by atoms with van der Waals surface area (Å²) in [6.45, 7) is 3.84. The van der Waals surface area contributed by atoms with E-state index in [9.17, 15) is 14.4 Å². The Morgan fingerprint density at radius 1 is 1.19 bits per heavy atom. The molecule has 8 nitrogen and oxygen atoms in total. The minimum absolute atomic E-state index is 0.0625. The molecule has 0 radical (unpaired) electrons. The van der Waals surface area contributed by atoms with Crippen LogP contribution >= 0.6 is 0 Å². The molecule has 1 heterocycles. The quantitative estimate of drug-likeness (QED) is 0.720. The maximum absolute atomic E-state index is 12.6. The Bertz CT molecular complexity index is 718. The molecule has 0 aliphatic carbocycles. The third-order valence-electron chi connectivity index (χ3n) is 4.59. The predicted molar refractivity (Wildman–Crippen MR) is 98.8 cm³/mol. The molecule has 1 N–H and O–H groups in total. The molecule has 8 heteroatoms. The fraction of sp³-hybridized carbons (Fsp3) is 0.526. The first-order valence-corrected chi connectivity index (χ1v) is 8.73. The smallest absolute Gasteiger partial charge is 0.328 e. The molecule has 1 aliphatic rings. The second kappa shape index (κ2) is 8.75. The van der Waals surface area contributed by atoms with Crippen LogP contribution in [0, 0.1) is 11.8 Å². The van der Waals surface area contributed by atoms with Gasteiger partial charge in [-0.2, -0.15) is 0 Å². The van der Waals surface area contributed by atoms with Crippen molar-refractivity contribution in [3.8, 4) is 11.5 Å². The Hall–Kier alpha value is -2.77. The van der Waals surface area contributed by atoms with Crippen molar-refractivity contribution in [3.63, 3.8) is 0 Å². The second-order valence-electron chi connectivity index (χ2n) is 6.70. The summed E-state index contributed by atoms with van der Waals surface area (Å²) in [4.78, 5) is 38.5. The number of benzene rings is 1. The number of esters is 1. The fourth-order valence-corrected chi connectivity index (χ4v) is 3.02. The van der Waals surface area contributed by atoms with Gasteiger partial charge in [-0.05, 0) is 18.1 Å². The standard InChI is InChI=1S/C19H26N2O6/c1-11(2)17(19(24)27-5)20-18(23)12-8-16(22)21(10-12)14-7-6-13(25-3)9-15(14)26-4/h6-7,9,11-12,17H,8,10H2,1-5H3,(H,20,23). The number of amides is 2. The van der Waals surface area contributed by atoms with Crippen molar-refractivity contribution >= 4 is 23.5 Å². The highest BCUT2D eigenvalue weighted by molar-refractivity contribution is 6.01. The van der Waals surface area contributed by atoms with E-state index in [1.54, 1.807) is 25.3 Å². The number of ether oxygens (including phenoxy) is 3. The molecule has 27 heavy (non-hydrogen) atoms. The highest BCUT2D eigenvalue weighted by Crippen LogP contribution is 2.35. The van der Waals surface area contributed by atoms with Gasteiger partial charge in [0.25, 0.3) is 0 Å². The van der Waals surface area contributed by atoms with Crippen molar-refractivity contribution < 1.29 is 28.6 Å². The third-order valence-corrected chi connectivity index (χ3v) is 4.59. The van der Waals surface area contributed by atoms with Crippen LogP contribution in [0.4, 0.5) is 5.69 Å². The van der Waals surface area contributed by atoms with E-state index in [0.29, 0.717) is 17.2 Å². The summed E-state index contributed by atoms with van der Waals surface area (Å²) in [6.07, 6.45) is 0.0625. The Balaban J connectivity index is 2.15. The fourth-order valence-electron chi connectivity index (χ4n) is 3.02. The van der Waals surface area contributed by atoms with Gasteiger partial charge in [-0.3, -0.25) is 9.59 Å². The molecule has 1 aromatic rings. The average molecular weight is 378 g/mol. The number of hydrogen-bond acceptors (Lipinski definition) is 6. The summed E-state index contributed by atoms with van der Waals surface area (Å²) in [5, 5.41) is 2.70. The van der Waals surface area contributed by atoms with Crippen molar-refractivity contribution in [3.05, 3.63) is 18.2 Å². The summed E-state index contributed by atoms with van der Waals surface area (Å²) in [5.41, 5.74) is 0.576. The summed E-state index contributed by atoms with van der Waals surface area (Å²) in [7, 11) is 4.33. The van der Waals surface area contributed by atoms with Gasteiger partial charge >= 0.3 is 5.97 Å². The maximum atomic E-state index is 12.6. The number of carbonyl (C=O) groups excluding carboxylic acids is 3. The van der Waals surface area contributed by atoms with Crippen LogP contribution in [0.3, 0.4) is 0 Å². The summed E-state index contributed by atoms with van der Waals surface area (Å²) in [5.74, 6) is -0.629. The molecule has 1 aromatic carbocycles. The minimum Gasteiger partial charge on any atom is -0.497 e. The van der Waals surface area contributed by atoms with Crippen LogP contribution in [0.25, 0.3) is 0 Å². The Labute approximate surface area is 158 Å². The molecule has 0 bridgehead atoms. The van der Waals surface area contributed by atoms with Gasteiger partial charge in [0.1, 0.15) is 17.5 Å². The van der Waals surface area contributed by atoms with E-state index < -0.39 is 17.9 Å². The molecule has 2 rings (SSSR count). The molecule has 0 spiro atoms. The van der Waals surface area contributed by atoms with Gasteiger partial charge in [-0.15, -0.1) is 0 Å². The van der Waals surface area contributed by atoms with Gasteiger partial charge < -0.3 is 24.4 Å². The molecular formula is C19H26N2O6. The van der Waals surface area contributed by atoms with E-state index in [2.05, 4.69) is 5.32 Å². The largest absolute Gasteiger partial charge is 0.497 e. The van der Waals surface area contributed by atoms with Crippen LogP contribution in [0.15, 0.2) is 18.2 Å². The van der Waals surface area contributed by atoms with E-state index >= 15 is 0 Å². The van der Waals surface area contributed by atoms with Gasteiger partial charge in [0.2, 0.25) is 11.8 Å². The molecule has 0 saturated carbocycles. The van der Waals surface area contributed by atoms with Gasteiger partial charge in [0, 0.05) is 19.0 Å². The molecular weight excluding hydrogens is 352 g/mol. The highest BCUT2D eigenvalue weighted by Gasteiger charge is 2.38. The van der Waals surface area contributed by atoms with Crippen molar-refractivity contribution in [1.29, 1.82) is 0 Å². The number of nitrogens with one attached hydrogen (secondary N) is 1. The lowest BCUT2D eigenvalue weighted by Crippen LogP contribution is -2.47. The lowest BCUT2D eigenvalue weighted by molar-refractivity contribution is -0.146. The van der Waals surface area contributed by atoms with Crippen molar-refractivity contribution in [2.45, 2.75) is 26.3 Å². The zero-order chi connectivity index (χ0) is 20.1. The van der Waals surface area contributed by atoms with Gasteiger partial charge in [0.15, 0.2) is 0 Å². The van der Waals surface area contributed by atoms with E-state index in [1.807, 2.05) is 13.8 Å². The molecule has 2 amide bonds. The van der Waals surface area contributed by atoms with E-state index in [1.165, 1.54) is 19.1 Å². The zero-order valence-electron chi connectivity index (χ0n) is 16.3. The van der Waals surface area contributed by atoms with Crippen LogP contribution in [0.2, 0.25) is 0 Å². The molecule has 2 unspecified atom stereocenters. The van der Waals surface area contributed by atoms with E-state index in [0.717, 1.165) is 0 Å².